The first-order valence-electron chi connectivity index (χ1n) is 9.79. The van der Waals surface area contributed by atoms with Crippen LogP contribution in [0.15, 0.2) is 18.2 Å². The highest BCUT2D eigenvalue weighted by Crippen LogP contribution is 2.26. The average molecular weight is 424 g/mol. The molecule has 2 unspecified atom stereocenters. The first kappa shape index (κ1) is 23.5. The summed E-state index contributed by atoms with van der Waals surface area (Å²) in [5.74, 6) is -1.94. The predicted octanol–water partition coefficient (Wildman–Crippen LogP) is 2.50. The predicted molar refractivity (Wildman–Crippen MR) is 109 cm³/mol. The Kier molecular flexibility index (Phi) is 7.35. The van der Waals surface area contributed by atoms with Crippen molar-refractivity contribution >= 4 is 17.7 Å². The van der Waals surface area contributed by atoms with Gasteiger partial charge in [-0.2, -0.15) is 4.39 Å². The number of hydrogen-bond acceptors (Lipinski definition) is 6. The van der Waals surface area contributed by atoms with E-state index in [0.29, 0.717) is 31.7 Å². The molecule has 30 heavy (non-hydrogen) atoms. The van der Waals surface area contributed by atoms with E-state index in [1.54, 1.807) is 32.6 Å². The van der Waals surface area contributed by atoms with Crippen LogP contribution in [-0.4, -0.2) is 71.6 Å². The maximum atomic E-state index is 14.2. The third-order valence-electron chi connectivity index (χ3n) is 4.95. The van der Waals surface area contributed by atoms with E-state index in [-0.39, 0.29) is 5.91 Å². The summed E-state index contributed by atoms with van der Waals surface area (Å²) in [6.07, 6.45) is -0.760. The molecule has 1 aliphatic rings. The molecule has 0 saturated carbocycles. The van der Waals surface area contributed by atoms with Gasteiger partial charge in [-0.05, 0) is 39.4 Å². The number of nitro groups is 1. The second-order valence-corrected chi connectivity index (χ2v) is 8.51. The summed E-state index contributed by atoms with van der Waals surface area (Å²) >= 11 is 0. The molecule has 0 radical (unpaired) electrons. The number of benzene rings is 1. The van der Waals surface area contributed by atoms with Gasteiger partial charge in [0.1, 0.15) is 11.6 Å². The molecule has 9 nitrogen and oxygen atoms in total. The molecule has 10 heteroatoms. The monoisotopic (exact) mass is 424 g/mol. The number of ether oxygens (including phenoxy) is 1. The van der Waals surface area contributed by atoms with Gasteiger partial charge in [0, 0.05) is 38.2 Å². The van der Waals surface area contributed by atoms with Crippen LogP contribution < -0.4 is 5.32 Å². The van der Waals surface area contributed by atoms with E-state index in [0.717, 1.165) is 12.1 Å². The van der Waals surface area contributed by atoms with E-state index in [1.807, 2.05) is 7.05 Å². The molecular formula is C20H29FN4O5. The summed E-state index contributed by atoms with van der Waals surface area (Å²) in [7, 11) is 1.96. The molecule has 1 heterocycles. The molecule has 1 fully saturated rings. The van der Waals surface area contributed by atoms with Crippen molar-refractivity contribution in [1.82, 2.24) is 15.1 Å². The van der Waals surface area contributed by atoms with E-state index in [9.17, 15) is 24.1 Å². The summed E-state index contributed by atoms with van der Waals surface area (Å²) in [6, 6.07) is 2.48. The minimum Gasteiger partial charge on any atom is -0.444 e. The van der Waals surface area contributed by atoms with Crippen molar-refractivity contribution in [3.8, 4) is 0 Å². The lowest BCUT2D eigenvalue weighted by Crippen LogP contribution is -2.56. The number of carbonyl (C=O) groups is 2. The van der Waals surface area contributed by atoms with E-state index < -0.39 is 40.1 Å². The first-order chi connectivity index (χ1) is 13.9. The summed E-state index contributed by atoms with van der Waals surface area (Å²) < 4.78 is 19.4. The third-order valence-corrected chi connectivity index (χ3v) is 4.95. The fourth-order valence-electron chi connectivity index (χ4n) is 3.21. The van der Waals surface area contributed by atoms with Crippen molar-refractivity contribution in [3.05, 3.63) is 39.7 Å². The molecule has 1 aliphatic heterocycles. The van der Waals surface area contributed by atoms with Crippen LogP contribution in [-0.2, 0) is 9.53 Å². The van der Waals surface area contributed by atoms with Gasteiger partial charge in [0.05, 0.1) is 4.92 Å². The standard InChI is InChI=1S/C20H29FN4O5/c1-13(14-6-7-16(25(28)29)15(21)12-14)17(22-19(27)30-20(2,3)4)18(26)24-10-8-23(5)9-11-24/h6-7,12-13,17H,8-11H2,1-5H3,(H,22,27). The number of carbonyl (C=O) groups excluding carboxylic acids is 2. The molecule has 2 atom stereocenters. The number of hydrogen-bond donors (Lipinski definition) is 1. The second-order valence-electron chi connectivity index (χ2n) is 8.51. The van der Waals surface area contributed by atoms with E-state index >= 15 is 0 Å². The SMILES string of the molecule is CC(c1ccc([N+](=O)[O-])c(F)c1)C(NC(=O)OC(C)(C)C)C(=O)N1CCN(C)CC1. The Morgan fingerprint density at radius 1 is 1.23 bits per heavy atom. The Labute approximate surface area is 175 Å². The summed E-state index contributed by atoms with van der Waals surface area (Å²) in [4.78, 5) is 39.4. The van der Waals surface area contributed by atoms with Gasteiger partial charge in [0.15, 0.2) is 0 Å². The molecule has 1 N–H and O–H groups in total. The first-order valence-corrected chi connectivity index (χ1v) is 9.79. The van der Waals surface area contributed by atoms with Crippen LogP contribution in [0, 0.1) is 15.9 Å². The summed E-state index contributed by atoms with van der Waals surface area (Å²) in [5.41, 5.74) is -1.04. The van der Waals surface area contributed by atoms with Gasteiger partial charge >= 0.3 is 11.8 Å². The van der Waals surface area contributed by atoms with Crippen molar-refractivity contribution in [2.75, 3.05) is 33.2 Å². The van der Waals surface area contributed by atoms with Crippen molar-refractivity contribution in [2.24, 2.45) is 0 Å². The van der Waals surface area contributed by atoms with Gasteiger partial charge in [0.25, 0.3) is 0 Å². The lowest BCUT2D eigenvalue weighted by Gasteiger charge is -2.36. The van der Waals surface area contributed by atoms with E-state index in [4.69, 9.17) is 4.74 Å². The summed E-state index contributed by atoms with van der Waals surface area (Å²) in [6.45, 7) is 9.19. The molecular weight excluding hydrogens is 395 g/mol. The Morgan fingerprint density at radius 3 is 2.33 bits per heavy atom. The fourth-order valence-corrected chi connectivity index (χ4v) is 3.21. The van der Waals surface area contributed by atoms with Crippen LogP contribution in [0.25, 0.3) is 0 Å². The maximum absolute atomic E-state index is 14.2. The molecule has 2 amide bonds. The minimum absolute atomic E-state index is 0.305. The minimum atomic E-state index is -1.01. The number of piperazine rings is 1. The highest BCUT2D eigenvalue weighted by molar-refractivity contribution is 5.87. The lowest BCUT2D eigenvalue weighted by molar-refractivity contribution is -0.387. The Morgan fingerprint density at radius 2 is 1.83 bits per heavy atom. The number of nitrogens with one attached hydrogen (secondary N) is 1. The number of likely N-dealkylation sites (N-methyl/N-ethyl adjacent to an activating group) is 1. The lowest BCUT2D eigenvalue weighted by atomic mass is 9.91. The largest absolute Gasteiger partial charge is 0.444 e. The molecule has 1 saturated heterocycles. The normalized spacial score (nSPS) is 17.2. The molecule has 0 aliphatic carbocycles. The van der Waals surface area contributed by atoms with E-state index in [2.05, 4.69) is 10.2 Å². The molecule has 2 rings (SSSR count). The van der Waals surface area contributed by atoms with Crippen LogP contribution >= 0.6 is 0 Å². The number of nitro benzene ring substituents is 1. The zero-order chi connectivity index (χ0) is 22.6. The van der Waals surface area contributed by atoms with Crippen molar-refractivity contribution in [3.63, 3.8) is 0 Å². The number of alkyl carbamates (subject to hydrolysis) is 1. The molecule has 1 aromatic carbocycles. The number of halogens is 1. The molecule has 0 spiro atoms. The van der Waals surface area contributed by atoms with Crippen molar-refractivity contribution < 1.29 is 23.6 Å². The highest BCUT2D eigenvalue weighted by Gasteiger charge is 2.34. The molecule has 1 aromatic rings. The number of amides is 2. The summed E-state index contributed by atoms with van der Waals surface area (Å²) in [5, 5.41) is 13.5. The number of rotatable bonds is 5. The molecule has 0 aromatic heterocycles. The van der Waals surface area contributed by atoms with Crippen molar-refractivity contribution in [2.45, 2.75) is 45.3 Å². The van der Waals surface area contributed by atoms with E-state index in [1.165, 1.54) is 6.07 Å². The van der Waals surface area contributed by atoms with Gasteiger partial charge in [-0.15, -0.1) is 0 Å². The average Bonchev–Trinajstić information content (AvgIpc) is 2.64. The van der Waals surface area contributed by atoms with Crippen LogP contribution in [0.2, 0.25) is 0 Å². The van der Waals surface area contributed by atoms with Crippen LogP contribution in [0.3, 0.4) is 0 Å². The Bertz CT molecular complexity index is 803. The van der Waals surface area contributed by atoms with Gasteiger partial charge < -0.3 is 19.9 Å². The molecule has 166 valence electrons. The number of nitrogens with zero attached hydrogens (tertiary/aromatic N) is 3. The van der Waals surface area contributed by atoms with Crippen LogP contribution in [0.1, 0.15) is 39.2 Å². The van der Waals surface area contributed by atoms with Crippen LogP contribution in [0.5, 0.6) is 0 Å². The van der Waals surface area contributed by atoms with Crippen LogP contribution in [0.4, 0.5) is 14.9 Å². The Balaban J connectivity index is 2.29. The molecule has 0 bridgehead atoms. The third kappa shape index (κ3) is 6.12. The Hall–Kier alpha value is -2.75. The van der Waals surface area contributed by atoms with Gasteiger partial charge in [-0.1, -0.05) is 13.0 Å². The topological polar surface area (TPSA) is 105 Å². The van der Waals surface area contributed by atoms with Gasteiger partial charge in [0.2, 0.25) is 11.7 Å². The maximum Gasteiger partial charge on any atom is 0.408 e. The second kappa shape index (κ2) is 9.38. The quantitative estimate of drug-likeness (QED) is 0.575. The highest BCUT2D eigenvalue weighted by atomic mass is 19.1. The zero-order valence-corrected chi connectivity index (χ0v) is 18.0. The zero-order valence-electron chi connectivity index (χ0n) is 18.0. The smallest absolute Gasteiger partial charge is 0.408 e. The van der Waals surface area contributed by atoms with Crippen molar-refractivity contribution in [1.29, 1.82) is 0 Å². The van der Waals surface area contributed by atoms with Gasteiger partial charge in [-0.3, -0.25) is 14.9 Å². The van der Waals surface area contributed by atoms with Gasteiger partial charge in [-0.25, -0.2) is 4.79 Å². The fraction of sp³-hybridized carbons (Fsp3) is 0.600.